The number of hydrogen-bond donors (Lipinski definition) is 1. The molecule has 0 spiro atoms. The van der Waals surface area contributed by atoms with Crippen molar-refractivity contribution >= 4 is 38.8 Å². The van der Waals surface area contributed by atoms with Crippen LogP contribution in [0.15, 0.2) is 103 Å². The number of esters is 1. The van der Waals surface area contributed by atoms with Gasteiger partial charge >= 0.3 is 5.97 Å². The number of hydrogen-bond acceptors (Lipinski definition) is 6. The van der Waals surface area contributed by atoms with Gasteiger partial charge in [-0.3, -0.25) is 4.79 Å². The summed E-state index contributed by atoms with van der Waals surface area (Å²) >= 11 is 0. The summed E-state index contributed by atoms with van der Waals surface area (Å²) in [7, 11) is -5.39. The molecule has 5 rings (SSSR count). The summed E-state index contributed by atoms with van der Waals surface area (Å²) in [6.07, 6.45) is -1.81. The van der Waals surface area contributed by atoms with Crippen LogP contribution in [0, 0.1) is 35.5 Å². The van der Waals surface area contributed by atoms with Crippen molar-refractivity contribution in [2.24, 2.45) is 11.8 Å². The van der Waals surface area contributed by atoms with Gasteiger partial charge in [-0.25, -0.2) is 4.79 Å². The maximum atomic E-state index is 14.2. The lowest BCUT2D eigenvalue weighted by Crippen LogP contribution is -2.66. The Morgan fingerprint density at radius 2 is 1.34 bits per heavy atom. The van der Waals surface area contributed by atoms with E-state index in [1.54, 1.807) is 30.3 Å². The second-order valence-electron chi connectivity index (χ2n) is 15.6. The van der Waals surface area contributed by atoms with Crippen LogP contribution in [0.25, 0.3) is 0 Å². The van der Waals surface area contributed by atoms with Crippen molar-refractivity contribution in [2.75, 3.05) is 6.61 Å². The SMILES string of the molecule is CC(C)(C)[Si](C)(C)O[C@H]1C(=O)[C@H]2[C@H](C#C/C(CO[Si](c3ccccc3)(c3ccccc3)C(C)(C)C)=C\C#C[C@H]2OC(=O)c2ccccc2)[C@@H]1O. The van der Waals surface area contributed by atoms with Crippen molar-refractivity contribution in [3.63, 3.8) is 0 Å². The largest absolute Gasteiger partial charge is 0.445 e. The highest BCUT2D eigenvalue weighted by Gasteiger charge is 2.56. The van der Waals surface area contributed by atoms with E-state index in [1.165, 1.54) is 0 Å². The summed E-state index contributed by atoms with van der Waals surface area (Å²) in [6, 6.07) is 29.3. The van der Waals surface area contributed by atoms with Gasteiger partial charge in [-0.15, -0.1) is 0 Å². The number of Topliss-reactive ketones (excluding diaryl/α,β-unsaturated/α-hetero) is 1. The Morgan fingerprint density at radius 3 is 1.86 bits per heavy atom. The zero-order valence-electron chi connectivity index (χ0n) is 30.3. The molecule has 0 aliphatic heterocycles. The summed E-state index contributed by atoms with van der Waals surface area (Å²) < 4.78 is 19.6. The quantitative estimate of drug-likeness (QED) is 0.160. The third-order valence-corrected chi connectivity index (χ3v) is 19.6. The number of allylic oxidation sites excluding steroid dienone is 1. The Kier molecular flexibility index (Phi) is 10.9. The third kappa shape index (κ3) is 7.51. The summed E-state index contributed by atoms with van der Waals surface area (Å²) in [5, 5.41) is 13.6. The number of ketones is 1. The lowest BCUT2D eigenvalue weighted by atomic mass is 9.89. The average molecular weight is 705 g/mol. The zero-order valence-corrected chi connectivity index (χ0v) is 32.3. The molecule has 1 N–H and O–H groups in total. The fourth-order valence-electron chi connectivity index (χ4n) is 6.47. The Morgan fingerprint density at radius 1 is 0.800 bits per heavy atom. The highest BCUT2D eigenvalue weighted by Crippen LogP contribution is 2.42. The molecule has 6 nitrogen and oxygen atoms in total. The Hall–Kier alpha value is -4.03. The molecule has 8 heteroatoms. The molecule has 5 atom stereocenters. The Balaban J connectivity index is 1.55. The molecule has 0 bridgehead atoms. The molecule has 1 saturated carbocycles. The van der Waals surface area contributed by atoms with E-state index in [9.17, 15) is 14.7 Å². The number of ether oxygens (including phenoxy) is 1. The van der Waals surface area contributed by atoms with E-state index in [0.29, 0.717) is 11.1 Å². The van der Waals surface area contributed by atoms with Crippen molar-refractivity contribution in [2.45, 2.75) is 83.0 Å². The van der Waals surface area contributed by atoms with Crippen LogP contribution >= 0.6 is 0 Å². The normalized spacial score (nSPS) is 23.4. The first-order valence-electron chi connectivity index (χ1n) is 17.2. The number of carbonyl (C=O) groups excluding carboxylic acids is 2. The number of aliphatic hydroxyl groups is 1. The molecule has 3 aromatic rings. The molecule has 260 valence electrons. The standard InChI is InChI=1S/C42H48O6Si2/c1-41(2,3)49(7,8)48-39-37(43)34-28-27-30(19-18-26-35(36(34)38(39)44)47-40(45)31-20-12-9-13-21-31)29-46-50(42(4,5)6,32-22-14-10-15-23-32)33-24-16-11-17-25-33/h9-17,19-25,34-37,39,43H,29H2,1-8H3/b30-19+/t34-,35+,36-,37-,39+/m0/s1. The van der Waals surface area contributed by atoms with Crippen LogP contribution in [0.5, 0.6) is 0 Å². The molecule has 0 radical (unpaired) electrons. The van der Waals surface area contributed by atoms with Crippen molar-refractivity contribution in [3.8, 4) is 23.7 Å². The first kappa shape index (κ1) is 37.2. The third-order valence-electron chi connectivity index (χ3n) is 10.2. The van der Waals surface area contributed by atoms with Crippen LogP contribution in [0.3, 0.4) is 0 Å². The molecule has 0 aromatic heterocycles. The first-order valence-corrected chi connectivity index (χ1v) is 22.0. The van der Waals surface area contributed by atoms with Gasteiger partial charge in [0.1, 0.15) is 12.2 Å². The van der Waals surface area contributed by atoms with Crippen LogP contribution in [0.1, 0.15) is 51.9 Å². The van der Waals surface area contributed by atoms with E-state index in [1.807, 2.05) is 55.6 Å². The maximum absolute atomic E-state index is 14.2. The van der Waals surface area contributed by atoms with Crippen molar-refractivity contribution in [1.29, 1.82) is 0 Å². The van der Waals surface area contributed by atoms with Crippen molar-refractivity contribution < 1.29 is 28.3 Å². The first-order chi connectivity index (χ1) is 23.6. The smallest absolute Gasteiger partial charge is 0.339 e. The molecular weight excluding hydrogens is 657 g/mol. The number of benzene rings is 3. The van der Waals surface area contributed by atoms with E-state index in [4.69, 9.17) is 13.6 Å². The van der Waals surface area contributed by atoms with E-state index >= 15 is 0 Å². The average Bonchev–Trinajstić information content (AvgIpc) is 3.34. The van der Waals surface area contributed by atoms with E-state index in [0.717, 1.165) is 10.4 Å². The minimum absolute atomic E-state index is 0.161. The molecule has 0 amide bonds. The molecule has 0 unspecified atom stereocenters. The molecule has 0 heterocycles. The van der Waals surface area contributed by atoms with E-state index < -0.39 is 52.8 Å². The van der Waals surface area contributed by atoms with Gasteiger partial charge in [0, 0.05) is 11.6 Å². The number of aliphatic hydroxyl groups excluding tert-OH is 1. The fourth-order valence-corrected chi connectivity index (χ4v) is 12.2. The summed E-state index contributed by atoms with van der Waals surface area (Å²) in [5.74, 6) is 9.72. The Bertz CT molecular complexity index is 1790. The lowest BCUT2D eigenvalue weighted by molar-refractivity contribution is -0.130. The highest BCUT2D eigenvalue weighted by molar-refractivity contribution is 6.99. The molecule has 2 aliphatic carbocycles. The summed E-state index contributed by atoms with van der Waals surface area (Å²) in [4.78, 5) is 27.5. The zero-order chi connectivity index (χ0) is 36.3. The van der Waals surface area contributed by atoms with Gasteiger partial charge in [0.2, 0.25) is 0 Å². The van der Waals surface area contributed by atoms with Gasteiger partial charge in [0.05, 0.1) is 24.0 Å². The Labute approximate surface area is 299 Å². The molecule has 50 heavy (non-hydrogen) atoms. The van der Waals surface area contributed by atoms with Crippen LogP contribution in [-0.4, -0.2) is 58.4 Å². The van der Waals surface area contributed by atoms with Gasteiger partial charge < -0.3 is 18.7 Å². The van der Waals surface area contributed by atoms with Gasteiger partial charge in [-0.2, -0.15) is 0 Å². The second-order valence-corrected chi connectivity index (χ2v) is 24.7. The van der Waals surface area contributed by atoms with Crippen LogP contribution in [0.2, 0.25) is 23.2 Å². The fraction of sp³-hybridized carbons (Fsp3) is 0.381. The van der Waals surface area contributed by atoms with Crippen molar-refractivity contribution in [3.05, 3.63) is 108 Å². The van der Waals surface area contributed by atoms with Gasteiger partial charge in [-0.1, -0.05) is 144 Å². The molecular formula is C42H48O6Si2. The maximum Gasteiger partial charge on any atom is 0.339 e. The second kappa shape index (κ2) is 14.7. The highest BCUT2D eigenvalue weighted by atomic mass is 28.4. The van der Waals surface area contributed by atoms with Crippen LogP contribution < -0.4 is 10.4 Å². The predicted molar refractivity (Wildman–Crippen MR) is 203 cm³/mol. The lowest BCUT2D eigenvalue weighted by Gasteiger charge is -2.43. The van der Waals surface area contributed by atoms with Crippen LogP contribution in [0.4, 0.5) is 0 Å². The molecule has 3 aromatic carbocycles. The monoisotopic (exact) mass is 704 g/mol. The topological polar surface area (TPSA) is 82.1 Å². The number of fused-ring (bicyclic) bond motifs is 1. The number of rotatable bonds is 9. The minimum atomic E-state index is -2.90. The minimum Gasteiger partial charge on any atom is -0.445 e. The summed E-state index contributed by atoms with van der Waals surface area (Å²) in [6.45, 7) is 17.1. The predicted octanol–water partition coefficient (Wildman–Crippen LogP) is 6.30. The molecule has 1 fully saturated rings. The van der Waals surface area contributed by atoms with E-state index in [-0.39, 0.29) is 22.5 Å². The van der Waals surface area contributed by atoms with E-state index in [2.05, 4.69) is 89.5 Å². The van der Waals surface area contributed by atoms with Gasteiger partial charge in [-0.05, 0) is 45.7 Å². The van der Waals surface area contributed by atoms with Gasteiger partial charge in [0.25, 0.3) is 8.32 Å². The van der Waals surface area contributed by atoms with Crippen molar-refractivity contribution in [1.82, 2.24) is 0 Å². The molecule has 2 aliphatic rings. The number of carbonyl (C=O) groups is 2. The van der Waals surface area contributed by atoms with Crippen LogP contribution in [-0.2, 0) is 18.4 Å². The van der Waals surface area contributed by atoms with Gasteiger partial charge in [0.15, 0.2) is 20.2 Å². The summed E-state index contributed by atoms with van der Waals surface area (Å²) in [5.41, 5.74) is 0.944. The molecule has 0 saturated heterocycles.